The topological polar surface area (TPSA) is 66.0 Å². The summed E-state index contributed by atoms with van der Waals surface area (Å²) in [5.74, 6) is 2.75. The molecule has 0 unspecified atom stereocenters. The van der Waals surface area contributed by atoms with Crippen LogP contribution >= 0.6 is 0 Å². The molecule has 0 atom stereocenters. The molecule has 3 aromatic rings. The van der Waals surface area contributed by atoms with E-state index < -0.39 is 0 Å². The van der Waals surface area contributed by atoms with Gasteiger partial charge in [-0.25, -0.2) is 4.98 Å². The summed E-state index contributed by atoms with van der Waals surface area (Å²) in [5.41, 5.74) is 0.950. The van der Waals surface area contributed by atoms with E-state index in [4.69, 9.17) is 9.26 Å². The first-order valence-electron chi connectivity index (χ1n) is 7.91. The number of hydrogen-bond acceptors (Lipinski definition) is 5. The Morgan fingerprint density at radius 2 is 2.09 bits per heavy atom. The highest BCUT2D eigenvalue weighted by atomic mass is 16.5. The van der Waals surface area contributed by atoms with Crippen LogP contribution < -0.4 is 4.74 Å². The van der Waals surface area contributed by atoms with Crippen molar-refractivity contribution in [3.63, 3.8) is 0 Å². The van der Waals surface area contributed by atoms with Gasteiger partial charge in [0.05, 0.1) is 12.9 Å². The Balaban J connectivity index is 1.30. The molecule has 2 heterocycles. The lowest BCUT2D eigenvalue weighted by Gasteiger charge is -2.06. The van der Waals surface area contributed by atoms with Crippen LogP contribution in [0.15, 0.2) is 47.5 Å². The van der Waals surface area contributed by atoms with E-state index in [1.165, 1.54) is 0 Å². The van der Waals surface area contributed by atoms with Gasteiger partial charge in [-0.1, -0.05) is 5.16 Å². The first kappa shape index (κ1) is 14.0. The maximum absolute atomic E-state index is 5.75. The lowest BCUT2D eigenvalue weighted by atomic mass is 10.2. The SMILES string of the molecule is c1cn(CCCOc2ccc(-c3noc(C4CC4)n3)cc2)cn1. The Morgan fingerprint density at radius 3 is 2.83 bits per heavy atom. The summed E-state index contributed by atoms with van der Waals surface area (Å²) in [6.45, 7) is 1.58. The molecule has 6 nitrogen and oxygen atoms in total. The van der Waals surface area contributed by atoms with Gasteiger partial charge >= 0.3 is 0 Å². The largest absolute Gasteiger partial charge is 0.494 e. The molecule has 1 aliphatic rings. The van der Waals surface area contributed by atoms with Crippen molar-refractivity contribution in [3.8, 4) is 17.1 Å². The molecule has 0 amide bonds. The monoisotopic (exact) mass is 310 g/mol. The molecule has 1 aromatic carbocycles. The Bertz CT molecular complexity index is 745. The van der Waals surface area contributed by atoms with Crippen molar-refractivity contribution >= 4 is 0 Å². The summed E-state index contributed by atoms with van der Waals surface area (Å²) < 4.78 is 13.1. The van der Waals surface area contributed by atoms with Crippen molar-refractivity contribution < 1.29 is 9.26 Å². The molecule has 1 aliphatic carbocycles. The molecule has 2 aromatic heterocycles. The van der Waals surface area contributed by atoms with Gasteiger partial charge in [0, 0.05) is 30.4 Å². The van der Waals surface area contributed by atoms with E-state index in [9.17, 15) is 0 Å². The molecule has 0 radical (unpaired) electrons. The zero-order valence-corrected chi connectivity index (χ0v) is 12.8. The third-order valence-corrected chi connectivity index (χ3v) is 3.87. The summed E-state index contributed by atoms with van der Waals surface area (Å²) in [7, 11) is 0. The van der Waals surface area contributed by atoms with E-state index in [1.54, 1.807) is 6.20 Å². The third kappa shape index (κ3) is 3.41. The highest BCUT2D eigenvalue weighted by Gasteiger charge is 2.29. The minimum Gasteiger partial charge on any atom is -0.494 e. The number of aromatic nitrogens is 4. The summed E-state index contributed by atoms with van der Waals surface area (Å²) in [6, 6.07) is 7.82. The quantitative estimate of drug-likeness (QED) is 0.627. The second-order valence-corrected chi connectivity index (χ2v) is 5.76. The maximum Gasteiger partial charge on any atom is 0.230 e. The molecule has 6 heteroatoms. The van der Waals surface area contributed by atoms with Gasteiger partial charge in [0.15, 0.2) is 0 Å². The average molecular weight is 310 g/mol. The molecule has 4 rings (SSSR count). The fourth-order valence-corrected chi connectivity index (χ4v) is 2.40. The van der Waals surface area contributed by atoms with Crippen molar-refractivity contribution in [1.29, 1.82) is 0 Å². The standard InChI is InChI=1S/C17H18N4O2/c1(9-21-10-8-18-12-21)11-22-15-6-4-13(5-7-15)16-19-17(23-20-16)14-2-3-14/h4-8,10,12,14H,1-3,9,11H2. The van der Waals surface area contributed by atoms with Crippen LogP contribution in [0.25, 0.3) is 11.4 Å². The number of aryl methyl sites for hydroxylation is 1. The van der Waals surface area contributed by atoms with Crippen molar-refractivity contribution in [2.75, 3.05) is 6.61 Å². The molecular formula is C17H18N4O2. The van der Waals surface area contributed by atoms with E-state index in [0.717, 1.165) is 43.0 Å². The highest BCUT2D eigenvalue weighted by Crippen LogP contribution is 2.39. The molecule has 0 spiro atoms. The molecule has 0 N–H and O–H groups in total. The second-order valence-electron chi connectivity index (χ2n) is 5.76. The summed E-state index contributed by atoms with van der Waals surface area (Å²) in [6.07, 6.45) is 8.81. The van der Waals surface area contributed by atoms with Gasteiger partial charge in [-0.2, -0.15) is 4.98 Å². The van der Waals surface area contributed by atoms with Crippen LogP contribution in [0, 0.1) is 0 Å². The number of benzene rings is 1. The van der Waals surface area contributed by atoms with Crippen molar-refractivity contribution in [3.05, 3.63) is 48.9 Å². The Labute approximate surface area is 134 Å². The van der Waals surface area contributed by atoms with Gasteiger partial charge in [0.2, 0.25) is 11.7 Å². The van der Waals surface area contributed by atoms with Crippen LogP contribution in [0.2, 0.25) is 0 Å². The number of rotatable bonds is 7. The van der Waals surface area contributed by atoms with Crippen LogP contribution in [0.3, 0.4) is 0 Å². The molecule has 118 valence electrons. The smallest absolute Gasteiger partial charge is 0.230 e. The van der Waals surface area contributed by atoms with E-state index in [-0.39, 0.29) is 0 Å². The van der Waals surface area contributed by atoms with E-state index >= 15 is 0 Å². The zero-order valence-electron chi connectivity index (χ0n) is 12.8. The molecule has 23 heavy (non-hydrogen) atoms. The van der Waals surface area contributed by atoms with Gasteiger partial charge in [-0.15, -0.1) is 0 Å². The van der Waals surface area contributed by atoms with Gasteiger partial charge in [-0.3, -0.25) is 0 Å². The number of imidazole rings is 1. The lowest BCUT2D eigenvalue weighted by molar-refractivity contribution is 0.302. The van der Waals surface area contributed by atoms with Crippen molar-refractivity contribution in [2.45, 2.75) is 31.7 Å². The van der Waals surface area contributed by atoms with Crippen molar-refractivity contribution in [2.24, 2.45) is 0 Å². The zero-order chi connectivity index (χ0) is 15.5. The minimum atomic E-state index is 0.481. The number of hydrogen-bond donors (Lipinski definition) is 0. The van der Waals surface area contributed by atoms with Gasteiger partial charge in [0.25, 0.3) is 0 Å². The summed E-state index contributed by atoms with van der Waals surface area (Å²) >= 11 is 0. The lowest BCUT2D eigenvalue weighted by Crippen LogP contribution is -2.02. The minimum absolute atomic E-state index is 0.481. The van der Waals surface area contributed by atoms with Gasteiger partial charge < -0.3 is 13.8 Å². The molecule has 0 bridgehead atoms. The first-order chi connectivity index (χ1) is 11.4. The molecule has 0 aliphatic heterocycles. The van der Waals surface area contributed by atoms with Crippen LogP contribution in [0.4, 0.5) is 0 Å². The van der Waals surface area contributed by atoms with E-state index in [0.29, 0.717) is 18.3 Å². The second kappa shape index (κ2) is 6.24. The number of nitrogens with zero attached hydrogens (tertiary/aromatic N) is 4. The van der Waals surface area contributed by atoms with Crippen LogP contribution in [-0.4, -0.2) is 26.3 Å². The first-order valence-corrected chi connectivity index (χ1v) is 7.91. The van der Waals surface area contributed by atoms with Crippen LogP contribution in [0.5, 0.6) is 5.75 Å². The predicted molar refractivity (Wildman–Crippen MR) is 84.0 cm³/mol. The Kier molecular flexibility index (Phi) is 3.80. The normalized spacial score (nSPS) is 14.1. The molecule has 0 saturated heterocycles. The van der Waals surface area contributed by atoms with Crippen LogP contribution in [0.1, 0.15) is 31.1 Å². The van der Waals surface area contributed by atoms with E-state index in [1.807, 2.05) is 41.4 Å². The third-order valence-electron chi connectivity index (χ3n) is 3.87. The average Bonchev–Trinajstić information content (AvgIpc) is 3.11. The highest BCUT2D eigenvalue weighted by molar-refractivity contribution is 5.55. The summed E-state index contributed by atoms with van der Waals surface area (Å²) in [5, 5.41) is 4.05. The maximum atomic E-state index is 5.75. The van der Waals surface area contributed by atoms with Crippen LogP contribution in [-0.2, 0) is 6.54 Å². The predicted octanol–water partition coefficient (Wildman–Crippen LogP) is 3.28. The molecule has 1 saturated carbocycles. The Hall–Kier alpha value is -2.63. The summed E-state index contributed by atoms with van der Waals surface area (Å²) in [4.78, 5) is 8.47. The molecular weight excluding hydrogens is 292 g/mol. The van der Waals surface area contributed by atoms with Crippen molar-refractivity contribution in [1.82, 2.24) is 19.7 Å². The van der Waals surface area contributed by atoms with E-state index in [2.05, 4.69) is 15.1 Å². The fraction of sp³-hybridized carbons (Fsp3) is 0.353. The van der Waals surface area contributed by atoms with Gasteiger partial charge in [0.1, 0.15) is 5.75 Å². The Morgan fingerprint density at radius 1 is 1.22 bits per heavy atom. The molecule has 1 fully saturated rings. The number of ether oxygens (including phenoxy) is 1. The van der Waals surface area contributed by atoms with Gasteiger partial charge in [-0.05, 0) is 43.5 Å². The fourth-order valence-electron chi connectivity index (χ4n) is 2.40.